The van der Waals surface area contributed by atoms with Gasteiger partial charge in [-0.25, -0.2) is 9.48 Å². The molecule has 0 spiro atoms. The molecule has 0 aromatic carbocycles. The molecule has 1 N–H and O–H groups in total. The molecule has 6 nitrogen and oxygen atoms in total. The zero-order valence-electron chi connectivity index (χ0n) is 8.76. The molecule has 1 atom stereocenters. The first-order chi connectivity index (χ1) is 7.59. The number of carbonyl (C=O) groups is 1. The Morgan fingerprint density at radius 3 is 3.25 bits per heavy atom. The van der Waals surface area contributed by atoms with Crippen molar-refractivity contribution in [3.8, 4) is 5.88 Å². The Hall–Kier alpha value is -1.24. The van der Waals surface area contributed by atoms with Crippen LogP contribution in [0.15, 0.2) is 10.7 Å². The van der Waals surface area contributed by atoms with Gasteiger partial charge in [0, 0.05) is 13.5 Å². The number of rotatable bonds is 1. The van der Waals surface area contributed by atoms with Crippen molar-refractivity contribution in [2.45, 2.75) is 19.0 Å². The molecule has 1 unspecified atom stereocenters. The van der Waals surface area contributed by atoms with Gasteiger partial charge in [-0.15, -0.1) is 0 Å². The number of amides is 1. The van der Waals surface area contributed by atoms with E-state index in [9.17, 15) is 4.79 Å². The van der Waals surface area contributed by atoms with Crippen molar-refractivity contribution in [1.29, 1.82) is 0 Å². The maximum atomic E-state index is 10.9. The monoisotopic (exact) mass is 289 g/mol. The van der Waals surface area contributed by atoms with Gasteiger partial charge in [0.15, 0.2) is 0 Å². The van der Waals surface area contributed by atoms with Crippen molar-refractivity contribution in [2.24, 2.45) is 0 Å². The molecule has 1 aliphatic rings. The number of ether oxygens (including phenoxy) is 1. The third kappa shape index (κ3) is 1.99. The van der Waals surface area contributed by atoms with Gasteiger partial charge in [-0.2, -0.15) is 5.10 Å². The van der Waals surface area contributed by atoms with Gasteiger partial charge in [-0.1, -0.05) is 0 Å². The molecule has 0 aliphatic carbocycles. The van der Waals surface area contributed by atoms with Crippen LogP contribution in [0.3, 0.4) is 0 Å². The summed E-state index contributed by atoms with van der Waals surface area (Å²) < 4.78 is 7.99. The largest absolute Gasteiger partial charge is 0.477 e. The summed E-state index contributed by atoms with van der Waals surface area (Å²) >= 11 is 3.33. The number of hydrogen-bond donors (Lipinski definition) is 1. The van der Waals surface area contributed by atoms with E-state index in [1.165, 1.54) is 4.90 Å². The van der Waals surface area contributed by atoms with E-state index < -0.39 is 6.09 Å². The maximum absolute atomic E-state index is 10.9. The Labute approximate surface area is 101 Å². The lowest BCUT2D eigenvalue weighted by atomic mass is 10.2. The maximum Gasteiger partial charge on any atom is 0.407 e. The zero-order valence-corrected chi connectivity index (χ0v) is 10.3. The van der Waals surface area contributed by atoms with Crippen LogP contribution in [-0.4, -0.2) is 45.6 Å². The molecule has 2 heterocycles. The number of carboxylic acid groups (broad SMARTS) is 1. The van der Waals surface area contributed by atoms with Crippen molar-refractivity contribution in [3.63, 3.8) is 0 Å². The van der Waals surface area contributed by atoms with Crippen LogP contribution in [0.1, 0.15) is 6.42 Å². The topological polar surface area (TPSA) is 67.6 Å². The van der Waals surface area contributed by atoms with Gasteiger partial charge >= 0.3 is 6.09 Å². The third-order valence-electron chi connectivity index (χ3n) is 2.67. The molecule has 2 rings (SSSR count). The first kappa shape index (κ1) is 11.3. The Morgan fingerprint density at radius 1 is 1.81 bits per heavy atom. The molecule has 0 bridgehead atoms. The van der Waals surface area contributed by atoms with Crippen LogP contribution >= 0.6 is 15.9 Å². The number of fused-ring (bicyclic) bond motifs is 1. The van der Waals surface area contributed by atoms with Crippen LogP contribution in [0, 0.1) is 0 Å². The quantitative estimate of drug-likeness (QED) is 0.849. The summed E-state index contributed by atoms with van der Waals surface area (Å²) in [4.78, 5) is 12.2. The molecule has 16 heavy (non-hydrogen) atoms. The lowest BCUT2D eigenvalue weighted by Crippen LogP contribution is -2.39. The van der Waals surface area contributed by atoms with E-state index in [0.717, 1.165) is 4.47 Å². The third-order valence-corrected chi connectivity index (χ3v) is 3.22. The van der Waals surface area contributed by atoms with E-state index in [2.05, 4.69) is 21.0 Å². The van der Waals surface area contributed by atoms with E-state index in [1.807, 2.05) is 0 Å². The smallest absolute Gasteiger partial charge is 0.407 e. The molecule has 0 saturated heterocycles. The van der Waals surface area contributed by atoms with E-state index in [4.69, 9.17) is 9.84 Å². The van der Waals surface area contributed by atoms with Crippen LogP contribution in [-0.2, 0) is 6.54 Å². The van der Waals surface area contributed by atoms with Crippen molar-refractivity contribution in [2.75, 3.05) is 13.7 Å². The highest BCUT2D eigenvalue weighted by Crippen LogP contribution is 2.27. The summed E-state index contributed by atoms with van der Waals surface area (Å²) in [5.74, 6) is 0.668. The molecular weight excluding hydrogens is 278 g/mol. The lowest BCUT2D eigenvalue weighted by Gasteiger charge is -2.23. The van der Waals surface area contributed by atoms with Crippen LogP contribution in [0.2, 0.25) is 0 Å². The van der Waals surface area contributed by atoms with Gasteiger partial charge in [0.05, 0.1) is 29.9 Å². The number of nitrogens with zero attached hydrogens (tertiary/aromatic N) is 3. The van der Waals surface area contributed by atoms with E-state index >= 15 is 0 Å². The molecule has 1 amide bonds. The lowest BCUT2D eigenvalue weighted by molar-refractivity contribution is 0.129. The summed E-state index contributed by atoms with van der Waals surface area (Å²) in [6, 6.07) is -0.106. The number of aromatic nitrogens is 2. The van der Waals surface area contributed by atoms with Crippen molar-refractivity contribution < 1.29 is 14.6 Å². The summed E-state index contributed by atoms with van der Waals surface area (Å²) in [6.07, 6.45) is 1.39. The molecule has 0 saturated carbocycles. The molecule has 0 radical (unpaired) electrons. The van der Waals surface area contributed by atoms with Crippen LogP contribution in [0.25, 0.3) is 0 Å². The SMILES string of the molecule is CN(C(=O)O)C1CCOc2c(Br)cnn2C1. The first-order valence-electron chi connectivity index (χ1n) is 4.89. The predicted octanol–water partition coefficient (Wildman–Crippen LogP) is 1.41. The van der Waals surface area contributed by atoms with Gasteiger partial charge < -0.3 is 14.7 Å². The second-order valence-electron chi connectivity index (χ2n) is 3.66. The molecular formula is C9H12BrN3O3. The number of hydrogen-bond acceptors (Lipinski definition) is 3. The van der Waals surface area contributed by atoms with E-state index in [0.29, 0.717) is 25.5 Å². The highest BCUT2D eigenvalue weighted by atomic mass is 79.9. The van der Waals surface area contributed by atoms with Crippen LogP contribution in [0.5, 0.6) is 5.88 Å². The molecule has 1 aliphatic heterocycles. The normalized spacial score (nSPS) is 19.5. The number of halogens is 1. The second-order valence-corrected chi connectivity index (χ2v) is 4.52. The van der Waals surface area contributed by atoms with Gasteiger partial charge in [0.1, 0.15) is 0 Å². The molecule has 0 fully saturated rings. The van der Waals surface area contributed by atoms with Gasteiger partial charge in [-0.05, 0) is 15.9 Å². The molecule has 88 valence electrons. The number of likely N-dealkylation sites (N-methyl/N-ethyl adjacent to an activating group) is 1. The van der Waals surface area contributed by atoms with Gasteiger partial charge in [0.25, 0.3) is 0 Å². The molecule has 7 heteroatoms. The highest BCUT2D eigenvalue weighted by molar-refractivity contribution is 9.10. The van der Waals surface area contributed by atoms with Gasteiger partial charge in [0.2, 0.25) is 5.88 Å². The fraction of sp³-hybridized carbons (Fsp3) is 0.556. The Kier molecular flexibility index (Phi) is 3.04. The fourth-order valence-electron chi connectivity index (χ4n) is 1.68. The highest BCUT2D eigenvalue weighted by Gasteiger charge is 2.25. The summed E-state index contributed by atoms with van der Waals surface area (Å²) in [5, 5.41) is 13.1. The Bertz CT molecular complexity index is 407. The van der Waals surface area contributed by atoms with E-state index in [1.54, 1.807) is 17.9 Å². The van der Waals surface area contributed by atoms with E-state index in [-0.39, 0.29) is 6.04 Å². The van der Waals surface area contributed by atoms with Crippen molar-refractivity contribution in [1.82, 2.24) is 14.7 Å². The van der Waals surface area contributed by atoms with Gasteiger partial charge in [-0.3, -0.25) is 0 Å². The Balaban J connectivity index is 2.19. The van der Waals surface area contributed by atoms with Crippen molar-refractivity contribution in [3.05, 3.63) is 10.7 Å². The van der Waals surface area contributed by atoms with Crippen LogP contribution < -0.4 is 4.74 Å². The molecule has 1 aromatic rings. The Morgan fingerprint density at radius 2 is 2.56 bits per heavy atom. The predicted molar refractivity (Wildman–Crippen MR) is 59.6 cm³/mol. The summed E-state index contributed by atoms with van der Waals surface area (Å²) in [6.45, 7) is 1.01. The zero-order chi connectivity index (χ0) is 11.7. The minimum absolute atomic E-state index is 0.106. The minimum Gasteiger partial charge on any atom is -0.477 e. The van der Waals surface area contributed by atoms with Crippen LogP contribution in [0.4, 0.5) is 4.79 Å². The molecule has 1 aromatic heterocycles. The minimum atomic E-state index is -0.931. The average Bonchev–Trinajstić information content (AvgIpc) is 2.50. The second kappa shape index (κ2) is 4.32. The van der Waals surface area contributed by atoms with Crippen molar-refractivity contribution >= 4 is 22.0 Å². The first-order valence-corrected chi connectivity index (χ1v) is 5.68. The summed E-state index contributed by atoms with van der Waals surface area (Å²) in [7, 11) is 1.57. The fourth-order valence-corrected chi connectivity index (χ4v) is 2.09. The summed E-state index contributed by atoms with van der Waals surface area (Å²) in [5.41, 5.74) is 0. The average molecular weight is 290 g/mol. The standard InChI is InChI=1S/C9H12BrN3O3/c1-12(9(14)15)6-2-3-16-8-7(10)4-11-13(8)5-6/h4,6H,2-3,5H2,1H3,(H,14,15).